The SMILES string of the molecule is O=C(Nc1ccc(Cl)cc1)C1N(CCCCCCO)C(=O)[C@@H]2[C@H](C(=O)Nc3ccccc3)[C@H]3SC12CC3Br. The topological polar surface area (TPSA) is 98.7 Å². The van der Waals surface area contributed by atoms with Gasteiger partial charge in [0, 0.05) is 39.6 Å². The van der Waals surface area contributed by atoms with E-state index in [1.54, 1.807) is 40.9 Å². The normalized spacial score (nSPS) is 29.4. The largest absolute Gasteiger partial charge is 0.396 e. The summed E-state index contributed by atoms with van der Waals surface area (Å²) in [6.45, 7) is 0.579. The number of nitrogens with zero attached hydrogens (tertiary/aromatic N) is 1. The lowest BCUT2D eigenvalue weighted by atomic mass is 9.70. The third-order valence-electron chi connectivity index (χ3n) is 7.80. The summed E-state index contributed by atoms with van der Waals surface area (Å²) in [5, 5.41) is 15.6. The molecule has 7 nitrogen and oxygen atoms in total. The number of thioether (sulfide) groups is 1. The van der Waals surface area contributed by atoms with E-state index in [1.165, 1.54) is 0 Å². The van der Waals surface area contributed by atoms with Crippen molar-refractivity contribution in [3.05, 3.63) is 59.6 Å². The molecule has 38 heavy (non-hydrogen) atoms. The lowest BCUT2D eigenvalue weighted by Gasteiger charge is -2.35. The molecule has 202 valence electrons. The van der Waals surface area contributed by atoms with Gasteiger partial charge in [-0.15, -0.1) is 11.8 Å². The van der Waals surface area contributed by atoms with E-state index in [2.05, 4.69) is 26.6 Å². The van der Waals surface area contributed by atoms with Crippen LogP contribution in [0.4, 0.5) is 11.4 Å². The molecule has 1 spiro atoms. The van der Waals surface area contributed by atoms with Gasteiger partial charge >= 0.3 is 0 Å². The first-order valence-corrected chi connectivity index (χ1v) is 15.2. The zero-order valence-electron chi connectivity index (χ0n) is 20.8. The smallest absolute Gasteiger partial charge is 0.248 e. The third-order valence-corrected chi connectivity index (χ3v) is 11.3. The van der Waals surface area contributed by atoms with E-state index in [-0.39, 0.29) is 34.4 Å². The average molecular weight is 621 g/mol. The van der Waals surface area contributed by atoms with Gasteiger partial charge in [0.2, 0.25) is 17.7 Å². The van der Waals surface area contributed by atoms with Crippen LogP contribution in [-0.2, 0) is 14.4 Å². The summed E-state index contributed by atoms with van der Waals surface area (Å²) in [6, 6.07) is 15.5. The second-order valence-electron chi connectivity index (χ2n) is 10.2. The molecule has 5 rings (SSSR count). The Kier molecular flexibility index (Phi) is 8.38. The van der Waals surface area contributed by atoms with Crippen LogP contribution in [0.3, 0.4) is 0 Å². The molecule has 3 N–H and O–H groups in total. The minimum absolute atomic E-state index is 0.0124. The maximum Gasteiger partial charge on any atom is 0.248 e. The van der Waals surface area contributed by atoms with Crippen LogP contribution in [0.15, 0.2) is 54.6 Å². The second-order valence-corrected chi connectivity index (χ2v) is 13.3. The Morgan fingerprint density at radius 2 is 1.66 bits per heavy atom. The van der Waals surface area contributed by atoms with Gasteiger partial charge in [0.25, 0.3) is 0 Å². The van der Waals surface area contributed by atoms with Crippen LogP contribution < -0.4 is 10.6 Å². The summed E-state index contributed by atoms with van der Waals surface area (Å²) < 4.78 is -0.698. The van der Waals surface area contributed by atoms with Crippen LogP contribution in [0, 0.1) is 11.8 Å². The number of anilines is 2. The predicted molar refractivity (Wildman–Crippen MR) is 155 cm³/mol. The van der Waals surface area contributed by atoms with Crippen LogP contribution in [0.2, 0.25) is 5.02 Å². The number of nitrogens with one attached hydrogen (secondary N) is 2. The number of para-hydroxylation sites is 1. The lowest BCUT2D eigenvalue weighted by molar-refractivity contribution is -0.138. The highest BCUT2D eigenvalue weighted by Crippen LogP contribution is 2.67. The third kappa shape index (κ3) is 5.10. The van der Waals surface area contributed by atoms with Crippen molar-refractivity contribution in [2.24, 2.45) is 11.8 Å². The number of rotatable bonds is 10. The molecular formula is C28H31BrClN3O4S. The number of likely N-dealkylation sites (tertiary alicyclic amines) is 1. The maximum atomic E-state index is 14.1. The summed E-state index contributed by atoms with van der Waals surface area (Å²) >= 11 is 11.4. The van der Waals surface area contributed by atoms with E-state index < -0.39 is 22.6 Å². The average Bonchev–Trinajstić information content (AvgIpc) is 3.49. The number of benzene rings is 2. The van der Waals surface area contributed by atoms with Gasteiger partial charge in [-0.1, -0.05) is 58.6 Å². The predicted octanol–water partition coefficient (Wildman–Crippen LogP) is 4.93. The molecule has 0 radical (unpaired) electrons. The number of aliphatic hydroxyl groups is 1. The Morgan fingerprint density at radius 3 is 2.37 bits per heavy atom. The lowest BCUT2D eigenvalue weighted by Crippen LogP contribution is -2.52. The van der Waals surface area contributed by atoms with E-state index in [4.69, 9.17) is 16.7 Å². The summed E-state index contributed by atoms with van der Waals surface area (Å²) in [5.41, 5.74) is 1.30. The molecule has 2 aromatic rings. The quantitative estimate of drug-likeness (QED) is 0.258. The fourth-order valence-corrected chi connectivity index (χ4v) is 9.95. The van der Waals surface area contributed by atoms with E-state index in [9.17, 15) is 14.4 Å². The molecule has 3 aliphatic heterocycles. The van der Waals surface area contributed by atoms with Crippen molar-refractivity contribution in [1.82, 2.24) is 4.90 Å². The number of hydrogen-bond acceptors (Lipinski definition) is 5. The monoisotopic (exact) mass is 619 g/mol. The highest BCUT2D eigenvalue weighted by molar-refractivity contribution is 9.09. The number of hydrogen-bond donors (Lipinski definition) is 3. The Balaban J connectivity index is 1.44. The van der Waals surface area contributed by atoms with Gasteiger partial charge in [0.1, 0.15) is 6.04 Å². The van der Waals surface area contributed by atoms with Gasteiger partial charge in [-0.2, -0.15) is 0 Å². The number of halogens is 2. The number of carbonyl (C=O) groups excluding carboxylic acids is 3. The first kappa shape index (κ1) is 27.5. The van der Waals surface area contributed by atoms with Crippen LogP contribution in [-0.4, -0.2) is 61.7 Å². The van der Waals surface area contributed by atoms with Gasteiger partial charge in [-0.3, -0.25) is 14.4 Å². The molecule has 10 heteroatoms. The molecule has 0 aromatic heterocycles. The van der Waals surface area contributed by atoms with Crippen molar-refractivity contribution in [2.75, 3.05) is 23.8 Å². The van der Waals surface area contributed by atoms with Crippen molar-refractivity contribution in [1.29, 1.82) is 0 Å². The molecule has 3 fully saturated rings. The number of alkyl halides is 1. The first-order chi connectivity index (χ1) is 18.4. The standard InChI is InChI=1S/C28H31BrClN3O4S/c29-20-16-28-22(21(23(20)38-28)25(35)31-18-8-4-3-5-9-18)27(37)33(14-6-1-2-7-15-34)24(28)26(36)32-19-12-10-17(30)11-13-19/h3-5,8-13,20-24,34H,1-2,6-7,14-16H2,(H,31,35)(H,32,36)/t20?,21-,22-,23-,24?,28?/m0/s1. The van der Waals surface area contributed by atoms with E-state index in [0.29, 0.717) is 35.8 Å². The highest BCUT2D eigenvalue weighted by Gasteiger charge is 2.75. The zero-order valence-corrected chi connectivity index (χ0v) is 24.0. The number of carbonyl (C=O) groups is 3. The molecule has 2 bridgehead atoms. The van der Waals surface area contributed by atoms with Crippen LogP contribution >= 0.6 is 39.3 Å². The highest BCUT2D eigenvalue weighted by atomic mass is 79.9. The Bertz CT molecular complexity index is 1190. The maximum absolute atomic E-state index is 14.1. The van der Waals surface area contributed by atoms with E-state index >= 15 is 0 Å². The molecular weight excluding hydrogens is 590 g/mol. The summed E-state index contributed by atoms with van der Waals surface area (Å²) in [6.07, 6.45) is 3.78. The molecule has 3 unspecified atom stereocenters. The number of amides is 3. The first-order valence-electron chi connectivity index (χ1n) is 13.0. The van der Waals surface area contributed by atoms with E-state index in [0.717, 1.165) is 19.3 Å². The van der Waals surface area contributed by atoms with Gasteiger partial charge < -0.3 is 20.6 Å². The van der Waals surface area contributed by atoms with Crippen LogP contribution in [0.5, 0.6) is 0 Å². The molecule has 3 saturated heterocycles. The molecule has 3 heterocycles. The fourth-order valence-electron chi connectivity index (χ4n) is 6.21. The fraction of sp³-hybridized carbons (Fsp3) is 0.464. The summed E-state index contributed by atoms with van der Waals surface area (Å²) in [7, 11) is 0. The minimum atomic E-state index is -0.698. The van der Waals surface area contributed by atoms with E-state index in [1.807, 2.05) is 30.3 Å². The van der Waals surface area contributed by atoms with Gasteiger partial charge in [-0.05, 0) is 55.7 Å². The molecule has 3 amide bonds. The molecule has 3 aliphatic rings. The summed E-state index contributed by atoms with van der Waals surface area (Å²) in [4.78, 5) is 43.3. The minimum Gasteiger partial charge on any atom is -0.396 e. The molecule has 6 atom stereocenters. The Hall–Kier alpha value is -2.07. The molecule has 2 aromatic carbocycles. The Labute approximate surface area is 240 Å². The van der Waals surface area contributed by atoms with Gasteiger partial charge in [-0.25, -0.2) is 0 Å². The summed E-state index contributed by atoms with van der Waals surface area (Å²) in [5.74, 6) is -1.66. The number of fused-ring (bicyclic) bond motifs is 1. The van der Waals surface area contributed by atoms with Crippen LogP contribution in [0.1, 0.15) is 32.1 Å². The van der Waals surface area contributed by atoms with Crippen LogP contribution in [0.25, 0.3) is 0 Å². The molecule has 0 saturated carbocycles. The second kappa shape index (κ2) is 11.6. The number of unbranched alkanes of at least 4 members (excludes halogenated alkanes) is 3. The van der Waals surface area contributed by atoms with Crippen molar-refractivity contribution in [3.8, 4) is 0 Å². The zero-order chi connectivity index (χ0) is 26.9. The van der Waals surface area contributed by atoms with Crippen molar-refractivity contribution in [3.63, 3.8) is 0 Å². The van der Waals surface area contributed by atoms with Gasteiger partial charge in [0.05, 0.1) is 16.6 Å². The van der Waals surface area contributed by atoms with Crippen molar-refractivity contribution < 1.29 is 19.5 Å². The van der Waals surface area contributed by atoms with Crippen molar-refractivity contribution >= 4 is 68.4 Å². The molecule has 0 aliphatic carbocycles. The number of aliphatic hydroxyl groups excluding tert-OH is 1. The van der Waals surface area contributed by atoms with Gasteiger partial charge in [0.15, 0.2) is 0 Å². The Morgan fingerprint density at radius 1 is 1.00 bits per heavy atom. The van der Waals surface area contributed by atoms with Crippen molar-refractivity contribution in [2.45, 2.75) is 53.0 Å².